The van der Waals surface area contributed by atoms with E-state index in [1.54, 1.807) is 6.92 Å². The van der Waals surface area contributed by atoms with Gasteiger partial charge in [-0.15, -0.1) is 0 Å². The van der Waals surface area contributed by atoms with E-state index in [-0.39, 0.29) is 12.5 Å². The van der Waals surface area contributed by atoms with Crippen molar-refractivity contribution in [2.75, 3.05) is 25.7 Å². The smallest absolute Gasteiger partial charge is 0.328 e. The second-order valence-corrected chi connectivity index (χ2v) is 5.14. The number of carbonyl (C=O) groups excluding carboxylic acids is 2. The Balaban J connectivity index is 3.37. The Labute approximate surface area is 125 Å². The Morgan fingerprint density at radius 2 is 1.67 bits per heavy atom. The molecule has 1 rings (SSSR count). The van der Waals surface area contributed by atoms with Crippen LogP contribution in [-0.4, -0.2) is 38.7 Å². The van der Waals surface area contributed by atoms with E-state index < -0.39 is 12.0 Å². The first-order chi connectivity index (χ1) is 9.83. The number of rotatable bonds is 5. The third-order valence-corrected chi connectivity index (χ3v) is 3.34. The molecule has 0 spiro atoms. The van der Waals surface area contributed by atoms with Crippen LogP contribution in [0.4, 0.5) is 5.69 Å². The molecule has 5 nitrogen and oxygen atoms in total. The molecule has 0 aromatic heterocycles. The molecule has 0 bridgehead atoms. The van der Waals surface area contributed by atoms with Crippen LogP contribution >= 0.6 is 0 Å². The molecule has 5 heteroatoms. The largest absolute Gasteiger partial charge is 0.467 e. The minimum absolute atomic E-state index is 0.0892. The lowest BCUT2D eigenvalue weighted by molar-refractivity contribution is -0.143. The molecule has 0 fully saturated rings. The van der Waals surface area contributed by atoms with Crippen molar-refractivity contribution in [1.82, 2.24) is 0 Å². The summed E-state index contributed by atoms with van der Waals surface area (Å²) >= 11 is 0. The van der Waals surface area contributed by atoms with Crippen LogP contribution < -0.4 is 4.90 Å². The molecule has 1 aromatic carbocycles. The lowest BCUT2D eigenvalue weighted by atomic mass is 10.0. The van der Waals surface area contributed by atoms with Crippen LogP contribution in [0.2, 0.25) is 0 Å². The second kappa shape index (κ2) is 7.22. The Morgan fingerprint density at radius 1 is 1.14 bits per heavy atom. The molecule has 1 amide bonds. The molecule has 0 heterocycles. The van der Waals surface area contributed by atoms with Crippen molar-refractivity contribution in [3.05, 3.63) is 28.8 Å². The molecular formula is C16H23NO4. The van der Waals surface area contributed by atoms with Gasteiger partial charge < -0.3 is 9.47 Å². The van der Waals surface area contributed by atoms with E-state index >= 15 is 0 Å². The van der Waals surface area contributed by atoms with E-state index in [0.717, 1.165) is 22.4 Å². The summed E-state index contributed by atoms with van der Waals surface area (Å²) in [5.41, 5.74) is 3.72. The first-order valence-electron chi connectivity index (χ1n) is 6.80. The van der Waals surface area contributed by atoms with E-state index in [1.807, 2.05) is 32.9 Å². The molecule has 0 radical (unpaired) electrons. The van der Waals surface area contributed by atoms with E-state index in [9.17, 15) is 9.59 Å². The maximum absolute atomic E-state index is 12.4. The fourth-order valence-corrected chi connectivity index (χ4v) is 2.56. The highest BCUT2D eigenvalue weighted by molar-refractivity contribution is 6.01. The summed E-state index contributed by atoms with van der Waals surface area (Å²) in [6.45, 7) is 7.40. The van der Waals surface area contributed by atoms with E-state index in [1.165, 1.54) is 19.1 Å². The molecule has 116 valence electrons. The standard InChI is InChI=1S/C16H23NO4/c1-10-7-11(2)15(12(3)8-10)17(14(18)9-20-5)13(4)16(19)21-6/h7-8,13H,9H2,1-6H3. The normalized spacial score (nSPS) is 11.9. The number of hydrogen-bond acceptors (Lipinski definition) is 4. The molecule has 0 aliphatic carbocycles. The summed E-state index contributed by atoms with van der Waals surface area (Å²) in [6.07, 6.45) is 0. The van der Waals surface area contributed by atoms with Gasteiger partial charge in [-0.05, 0) is 38.8 Å². The van der Waals surface area contributed by atoms with Crippen molar-refractivity contribution in [1.29, 1.82) is 0 Å². The van der Waals surface area contributed by atoms with Gasteiger partial charge in [0, 0.05) is 7.11 Å². The van der Waals surface area contributed by atoms with Gasteiger partial charge in [0.15, 0.2) is 0 Å². The number of nitrogens with zero attached hydrogens (tertiary/aromatic N) is 1. The first-order valence-corrected chi connectivity index (χ1v) is 6.80. The average Bonchev–Trinajstić information content (AvgIpc) is 2.41. The number of hydrogen-bond donors (Lipinski definition) is 0. The molecule has 1 aromatic rings. The maximum atomic E-state index is 12.4. The summed E-state index contributed by atoms with van der Waals surface area (Å²) in [4.78, 5) is 25.7. The predicted molar refractivity (Wildman–Crippen MR) is 81.5 cm³/mol. The average molecular weight is 293 g/mol. The van der Waals surface area contributed by atoms with Crippen LogP contribution in [0, 0.1) is 20.8 Å². The summed E-state index contributed by atoms with van der Waals surface area (Å²) < 4.78 is 9.70. The zero-order valence-corrected chi connectivity index (χ0v) is 13.5. The van der Waals surface area contributed by atoms with Crippen LogP contribution in [0.5, 0.6) is 0 Å². The van der Waals surface area contributed by atoms with Gasteiger partial charge in [0.1, 0.15) is 12.6 Å². The SMILES string of the molecule is COCC(=O)N(c1c(C)cc(C)cc1C)C(C)C(=O)OC. The van der Waals surface area contributed by atoms with Crippen molar-refractivity contribution in [2.24, 2.45) is 0 Å². The van der Waals surface area contributed by atoms with E-state index in [4.69, 9.17) is 9.47 Å². The zero-order valence-electron chi connectivity index (χ0n) is 13.5. The number of methoxy groups -OCH3 is 2. The maximum Gasteiger partial charge on any atom is 0.328 e. The Hall–Kier alpha value is -1.88. The fourth-order valence-electron chi connectivity index (χ4n) is 2.56. The quantitative estimate of drug-likeness (QED) is 0.781. The summed E-state index contributed by atoms with van der Waals surface area (Å²) in [5, 5.41) is 0. The van der Waals surface area contributed by atoms with Gasteiger partial charge in [0.05, 0.1) is 12.8 Å². The van der Waals surface area contributed by atoms with E-state index in [0.29, 0.717) is 0 Å². The van der Waals surface area contributed by atoms with Crippen LogP contribution in [-0.2, 0) is 19.1 Å². The highest BCUT2D eigenvalue weighted by Gasteiger charge is 2.30. The molecule has 0 saturated carbocycles. The van der Waals surface area contributed by atoms with Crippen molar-refractivity contribution in [2.45, 2.75) is 33.7 Å². The number of aryl methyl sites for hydroxylation is 3. The third-order valence-electron chi connectivity index (χ3n) is 3.34. The highest BCUT2D eigenvalue weighted by Crippen LogP contribution is 2.28. The number of benzene rings is 1. The van der Waals surface area contributed by atoms with Crippen LogP contribution in [0.3, 0.4) is 0 Å². The van der Waals surface area contributed by atoms with Crippen molar-refractivity contribution in [3.8, 4) is 0 Å². The van der Waals surface area contributed by atoms with Gasteiger partial charge in [-0.25, -0.2) is 4.79 Å². The fraction of sp³-hybridized carbons (Fsp3) is 0.500. The van der Waals surface area contributed by atoms with Gasteiger partial charge in [-0.1, -0.05) is 17.7 Å². The predicted octanol–water partition coefficient (Wildman–Crippen LogP) is 2.15. The molecule has 21 heavy (non-hydrogen) atoms. The number of carbonyl (C=O) groups is 2. The van der Waals surface area contributed by atoms with Crippen molar-refractivity contribution < 1.29 is 19.1 Å². The van der Waals surface area contributed by atoms with Crippen LogP contribution in [0.1, 0.15) is 23.6 Å². The van der Waals surface area contributed by atoms with Gasteiger partial charge in [0.2, 0.25) is 0 Å². The van der Waals surface area contributed by atoms with Gasteiger partial charge in [-0.3, -0.25) is 9.69 Å². The van der Waals surface area contributed by atoms with Crippen molar-refractivity contribution in [3.63, 3.8) is 0 Å². The van der Waals surface area contributed by atoms with Gasteiger partial charge in [-0.2, -0.15) is 0 Å². The lowest BCUT2D eigenvalue weighted by Crippen LogP contribution is -2.46. The summed E-state index contributed by atoms with van der Waals surface area (Å²) in [5.74, 6) is -0.732. The lowest BCUT2D eigenvalue weighted by Gasteiger charge is -2.30. The molecule has 1 unspecified atom stereocenters. The number of ether oxygens (including phenoxy) is 2. The second-order valence-electron chi connectivity index (χ2n) is 5.14. The number of amides is 1. The van der Waals surface area contributed by atoms with Crippen molar-refractivity contribution >= 4 is 17.6 Å². The van der Waals surface area contributed by atoms with Crippen LogP contribution in [0.25, 0.3) is 0 Å². The topological polar surface area (TPSA) is 55.8 Å². The van der Waals surface area contributed by atoms with Crippen LogP contribution in [0.15, 0.2) is 12.1 Å². The summed E-state index contributed by atoms with van der Waals surface area (Å²) in [7, 11) is 2.76. The first kappa shape index (κ1) is 17.2. The van der Waals surface area contributed by atoms with E-state index in [2.05, 4.69) is 0 Å². The Kier molecular flexibility index (Phi) is 5.90. The molecule has 0 aliphatic rings. The number of esters is 1. The molecule has 1 atom stereocenters. The number of anilines is 1. The Bertz CT molecular complexity index is 516. The molecule has 0 saturated heterocycles. The molecular weight excluding hydrogens is 270 g/mol. The third kappa shape index (κ3) is 3.82. The zero-order chi connectivity index (χ0) is 16.2. The van der Waals surface area contributed by atoms with Gasteiger partial charge >= 0.3 is 5.97 Å². The minimum Gasteiger partial charge on any atom is -0.467 e. The minimum atomic E-state index is -0.710. The summed E-state index contributed by atoms with van der Waals surface area (Å²) in [6, 6.07) is 3.26. The highest BCUT2D eigenvalue weighted by atomic mass is 16.5. The monoisotopic (exact) mass is 293 g/mol. The molecule has 0 aliphatic heterocycles. The Morgan fingerprint density at radius 3 is 2.10 bits per heavy atom. The molecule has 0 N–H and O–H groups in total. The van der Waals surface area contributed by atoms with Gasteiger partial charge in [0.25, 0.3) is 5.91 Å².